The van der Waals surface area contributed by atoms with Crippen molar-refractivity contribution in [1.29, 1.82) is 5.26 Å². The summed E-state index contributed by atoms with van der Waals surface area (Å²) in [6.45, 7) is 0. The number of rotatable bonds is 5. The molecule has 0 radical (unpaired) electrons. The first-order chi connectivity index (χ1) is 22.7. The summed E-state index contributed by atoms with van der Waals surface area (Å²) in [4.78, 5) is 10.0. The lowest BCUT2D eigenvalue weighted by Crippen LogP contribution is -1.96. The SMILES string of the molecule is N#Cc1ccc2cc(-c3cccc4c(-c5ccc(-c6nc(-c7ccccc7)cc(-c7ccccc7)n6)cc5)cccc34)ccc2c1. The number of nitrogens with zero attached hydrogens (tertiary/aromatic N) is 3. The third kappa shape index (κ3) is 5.09. The van der Waals surface area contributed by atoms with Gasteiger partial charge in [-0.15, -0.1) is 0 Å². The van der Waals surface area contributed by atoms with Crippen LogP contribution in [-0.2, 0) is 0 Å². The molecule has 0 fully saturated rings. The standard InChI is InChI=1S/C43H27N3/c44-28-29-17-18-35-26-36(24-23-34(35)25-29)38-14-8-15-39-37(13-7-16-40(38)39)30-19-21-33(22-20-30)43-45-41(31-9-3-1-4-10-31)27-42(46-43)32-11-5-2-6-12-32/h1-27H. The van der Waals surface area contributed by atoms with Gasteiger partial charge in [-0.05, 0) is 68.1 Å². The Hall–Kier alpha value is -6.37. The van der Waals surface area contributed by atoms with E-state index in [4.69, 9.17) is 9.97 Å². The van der Waals surface area contributed by atoms with Crippen LogP contribution in [0.5, 0.6) is 0 Å². The second-order valence-corrected chi connectivity index (χ2v) is 11.4. The molecule has 214 valence electrons. The Labute approximate surface area is 267 Å². The maximum atomic E-state index is 9.29. The van der Waals surface area contributed by atoms with Crippen molar-refractivity contribution in [2.24, 2.45) is 0 Å². The van der Waals surface area contributed by atoms with Crippen LogP contribution in [0.2, 0.25) is 0 Å². The molecule has 0 aliphatic heterocycles. The second-order valence-electron chi connectivity index (χ2n) is 11.4. The highest BCUT2D eigenvalue weighted by atomic mass is 14.9. The van der Waals surface area contributed by atoms with Crippen LogP contribution in [0.15, 0.2) is 164 Å². The zero-order valence-corrected chi connectivity index (χ0v) is 24.9. The van der Waals surface area contributed by atoms with Crippen LogP contribution >= 0.6 is 0 Å². The summed E-state index contributed by atoms with van der Waals surface area (Å²) in [5, 5.41) is 13.9. The Bertz CT molecular complexity index is 2350. The van der Waals surface area contributed by atoms with Crippen molar-refractivity contribution in [2.45, 2.75) is 0 Å². The summed E-state index contributed by atoms with van der Waals surface area (Å²) in [6.07, 6.45) is 0. The van der Waals surface area contributed by atoms with Gasteiger partial charge in [0.15, 0.2) is 5.82 Å². The van der Waals surface area contributed by atoms with Crippen LogP contribution in [-0.4, -0.2) is 9.97 Å². The molecule has 46 heavy (non-hydrogen) atoms. The molecule has 0 N–H and O–H groups in total. The van der Waals surface area contributed by atoms with Gasteiger partial charge in [-0.1, -0.05) is 140 Å². The van der Waals surface area contributed by atoms with E-state index < -0.39 is 0 Å². The molecular weight excluding hydrogens is 558 g/mol. The molecule has 0 saturated heterocycles. The summed E-state index contributed by atoms with van der Waals surface area (Å²) < 4.78 is 0. The molecule has 0 aliphatic carbocycles. The van der Waals surface area contributed by atoms with E-state index in [1.807, 2.05) is 54.6 Å². The van der Waals surface area contributed by atoms with Crippen LogP contribution in [0.25, 0.3) is 77.7 Å². The minimum Gasteiger partial charge on any atom is -0.228 e. The van der Waals surface area contributed by atoms with Crippen molar-refractivity contribution in [2.75, 3.05) is 0 Å². The predicted octanol–water partition coefficient (Wildman–Crippen LogP) is 11.0. The van der Waals surface area contributed by atoms with Gasteiger partial charge in [0.1, 0.15) is 0 Å². The van der Waals surface area contributed by atoms with E-state index in [0.29, 0.717) is 11.4 Å². The highest BCUT2D eigenvalue weighted by molar-refractivity contribution is 6.05. The Morgan fingerprint density at radius 1 is 0.391 bits per heavy atom. The van der Waals surface area contributed by atoms with Gasteiger partial charge in [0.25, 0.3) is 0 Å². The first-order valence-corrected chi connectivity index (χ1v) is 15.3. The first kappa shape index (κ1) is 27.2. The van der Waals surface area contributed by atoms with Gasteiger partial charge >= 0.3 is 0 Å². The molecule has 0 unspecified atom stereocenters. The van der Waals surface area contributed by atoms with Gasteiger partial charge in [-0.25, -0.2) is 9.97 Å². The molecular formula is C43H27N3. The molecule has 3 nitrogen and oxygen atoms in total. The van der Waals surface area contributed by atoms with Crippen molar-refractivity contribution < 1.29 is 0 Å². The molecule has 8 aromatic rings. The number of fused-ring (bicyclic) bond motifs is 2. The van der Waals surface area contributed by atoms with Gasteiger partial charge in [-0.2, -0.15) is 5.26 Å². The third-order valence-corrected chi connectivity index (χ3v) is 8.52. The van der Waals surface area contributed by atoms with Gasteiger partial charge in [0.2, 0.25) is 0 Å². The molecule has 1 heterocycles. The van der Waals surface area contributed by atoms with Gasteiger partial charge in [0, 0.05) is 16.7 Å². The number of hydrogen-bond donors (Lipinski definition) is 0. The summed E-state index contributed by atoms with van der Waals surface area (Å²) in [7, 11) is 0. The maximum Gasteiger partial charge on any atom is 0.160 e. The lowest BCUT2D eigenvalue weighted by molar-refractivity contribution is 1.18. The Kier molecular flexibility index (Phi) is 6.87. The third-order valence-electron chi connectivity index (χ3n) is 8.52. The normalized spacial score (nSPS) is 11.0. The van der Waals surface area contributed by atoms with Crippen molar-refractivity contribution in [3.05, 3.63) is 169 Å². The zero-order valence-electron chi connectivity index (χ0n) is 24.9. The smallest absolute Gasteiger partial charge is 0.160 e. The van der Waals surface area contributed by atoms with Crippen LogP contribution in [0.3, 0.4) is 0 Å². The number of aromatic nitrogens is 2. The Morgan fingerprint density at radius 2 is 0.913 bits per heavy atom. The summed E-state index contributed by atoms with van der Waals surface area (Å²) in [5.74, 6) is 0.699. The van der Waals surface area contributed by atoms with Crippen molar-refractivity contribution in [3.63, 3.8) is 0 Å². The quantitative estimate of drug-likeness (QED) is 0.202. The van der Waals surface area contributed by atoms with Crippen LogP contribution in [0.4, 0.5) is 0 Å². The molecule has 0 amide bonds. The number of nitriles is 1. The Balaban J connectivity index is 1.19. The van der Waals surface area contributed by atoms with Gasteiger partial charge in [-0.3, -0.25) is 0 Å². The Morgan fingerprint density at radius 3 is 1.52 bits per heavy atom. The van der Waals surface area contributed by atoms with E-state index in [0.717, 1.165) is 50.0 Å². The topological polar surface area (TPSA) is 49.6 Å². The molecule has 7 aromatic carbocycles. The number of hydrogen-bond acceptors (Lipinski definition) is 3. The molecule has 3 heteroatoms. The van der Waals surface area contributed by atoms with Crippen LogP contribution < -0.4 is 0 Å². The lowest BCUT2D eigenvalue weighted by Gasteiger charge is -2.13. The highest BCUT2D eigenvalue weighted by Crippen LogP contribution is 2.37. The average Bonchev–Trinajstić information content (AvgIpc) is 3.14. The van der Waals surface area contributed by atoms with E-state index >= 15 is 0 Å². The second kappa shape index (κ2) is 11.6. The molecule has 1 aromatic heterocycles. The van der Waals surface area contributed by atoms with E-state index in [-0.39, 0.29) is 0 Å². The van der Waals surface area contributed by atoms with Crippen LogP contribution in [0.1, 0.15) is 5.56 Å². The lowest BCUT2D eigenvalue weighted by atomic mass is 9.92. The van der Waals surface area contributed by atoms with Crippen molar-refractivity contribution in [1.82, 2.24) is 9.97 Å². The minimum atomic E-state index is 0.674. The van der Waals surface area contributed by atoms with E-state index in [1.54, 1.807) is 0 Å². The van der Waals surface area contributed by atoms with Crippen molar-refractivity contribution in [3.8, 4) is 62.2 Å². The summed E-state index contributed by atoms with van der Waals surface area (Å²) in [6, 6.07) is 58.7. The molecule has 0 saturated carbocycles. The molecule has 0 bridgehead atoms. The van der Waals surface area contributed by atoms with E-state index in [2.05, 4.69) is 115 Å². The molecule has 0 atom stereocenters. The van der Waals surface area contributed by atoms with E-state index in [9.17, 15) is 5.26 Å². The number of benzene rings is 7. The molecule has 8 rings (SSSR count). The fourth-order valence-electron chi connectivity index (χ4n) is 6.19. The largest absolute Gasteiger partial charge is 0.228 e. The van der Waals surface area contributed by atoms with Crippen molar-refractivity contribution >= 4 is 21.5 Å². The summed E-state index contributed by atoms with van der Waals surface area (Å²) >= 11 is 0. The zero-order chi connectivity index (χ0) is 30.9. The first-order valence-electron chi connectivity index (χ1n) is 15.3. The van der Waals surface area contributed by atoms with Gasteiger partial charge < -0.3 is 0 Å². The fourth-order valence-corrected chi connectivity index (χ4v) is 6.19. The minimum absolute atomic E-state index is 0.674. The molecule has 0 spiro atoms. The van der Waals surface area contributed by atoms with Gasteiger partial charge in [0.05, 0.1) is 23.0 Å². The summed E-state index contributed by atoms with van der Waals surface area (Å²) in [5.41, 5.74) is 10.2. The maximum absolute atomic E-state index is 9.29. The van der Waals surface area contributed by atoms with E-state index in [1.165, 1.54) is 21.9 Å². The predicted molar refractivity (Wildman–Crippen MR) is 189 cm³/mol. The monoisotopic (exact) mass is 585 g/mol. The van der Waals surface area contributed by atoms with Crippen LogP contribution in [0, 0.1) is 11.3 Å². The fraction of sp³-hybridized carbons (Fsp3) is 0. The molecule has 0 aliphatic rings. The average molecular weight is 586 g/mol. The highest BCUT2D eigenvalue weighted by Gasteiger charge is 2.13.